The van der Waals surface area contributed by atoms with E-state index in [1.54, 1.807) is 6.07 Å². The Labute approximate surface area is 126 Å². The second-order valence-corrected chi connectivity index (χ2v) is 5.22. The van der Waals surface area contributed by atoms with E-state index >= 15 is 0 Å². The standard InChI is InChI=1S/C13H15ClF3NO.ClH/c14-10-7-9(12(18)8-3-1-2-4-8)5-6-11(10)19-13(15,16)17;/h5-8,12H,1-4,18H2;1H/t12-;/m1./s1. The summed E-state index contributed by atoms with van der Waals surface area (Å²) >= 11 is 5.81. The predicted octanol–water partition coefficient (Wildman–Crippen LogP) is 4.85. The van der Waals surface area contributed by atoms with Crippen LogP contribution in [0.3, 0.4) is 0 Å². The molecule has 0 unspecified atom stereocenters. The third-order valence-corrected chi connectivity index (χ3v) is 3.77. The molecule has 1 atom stereocenters. The molecule has 0 spiro atoms. The fourth-order valence-electron chi connectivity index (χ4n) is 2.52. The van der Waals surface area contributed by atoms with E-state index in [0.29, 0.717) is 5.92 Å². The van der Waals surface area contributed by atoms with E-state index in [2.05, 4.69) is 4.74 Å². The van der Waals surface area contributed by atoms with Gasteiger partial charge in [-0.2, -0.15) is 0 Å². The Morgan fingerprint density at radius 1 is 1.25 bits per heavy atom. The molecule has 1 aliphatic carbocycles. The molecule has 7 heteroatoms. The Morgan fingerprint density at radius 2 is 1.85 bits per heavy atom. The number of nitrogens with two attached hydrogens (primary N) is 1. The van der Waals surface area contributed by atoms with Gasteiger partial charge in [0.15, 0.2) is 0 Å². The number of rotatable bonds is 3. The van der Waals surface area contributed by atoms with E-state index in [-0.39, 0.29) is 23.5 Å². The molecule has 2 N–H and O–H groups in total. The zero-order valence-corrected chi connectivity index (χ0v) is 12.2. The molecule has 20 heavy (non-hydrogen) atoms. The van der Waals surface area contributed by atoms with Crippen molar-refractivity contribution in [3.63, 3.8) is 0 Å². The normalized spacial score (nSPS) is 17.6. The van der Waals surface area contributed by atoms with Crippen molar-refractivity contribution in [1.82, 2.24) is 0 Å². The highest BCUT2D eigenvalue weighted by molar-refractivity contribution is 6.32. The Balaban J connectivity index is 0.00000200. The third-order valence-electron chi connectivity index (χ3n) is 3.47. The maximum absolute atomic E-state index is 12.1. The number of hydrogen-bond donors (Lipinski definition) is 1. The summed E-state index contributed by atoms with van der Waals surface area (Å²) in [6.45, 7) is 0. The summed E-state index contributed by atoms with van der Waals surface area (Å²) in [5, 5.41) is -0.0664. The molecule has 0 amide bonds. The summed E-state index contributed by atoms with van der Waals surface area (Å²) in [4.78, 5) is 0. The van der Waals surface area contributed by atoms with Crippen molar-refractivity contribution in [2.75, 3.05) is 0 Å². The number of benzene rings is 1. The monoisotopic (exact) mass is 329 g/mol. The molecule has 1 saturated carbocycles. The quantitative estimate of drug-likeness (QED) is 0.860. The van der Waals surface area contributed by atoms with Crippen molar-refractivity contribution in [3.8, 4) is 5.75 Å². The minimum absolute atomic E-state index is 0. The molecule has 114 valence electrons. The summed E-state index contributed by atoms with van der Waals surface area (Å²) in [6, 6.07) is 4.06. The van der Waals surface area contributed by atoms with Crippen molar-refractivity contribution in [2.45, 2.75) is 38.1 Å². The highest BCUT2D eigenvalue weighted by atomic mass is 35.5. The van der Waals surface area contributed by atoms with Crippen molar-refractivity contribution in [3.05, 3.63) is 28.8 Å². The highest BCUT2D eigenvalue weighted by Gasteiger charge is 2.32. The molecule has 2 nitrogen and oxygen atoms in total. The fourth-order valence-corrected chi connectivity index (χ4v) is 2.75. The molecule has 1 aliphatic rings. The number of ether oxygens (including phenoxy) is 1. The van der Waals surface area contributed by atoms with Gasteiger partial charge >= 0.3 is 6.36 Å². The largest absolute Gasteiger partial charge is 0.573 e. The van der Waals surface area contributed by atoms with E-state index in [9.17, 15) is 13.2 Å². The Kier molecular flexibility index (Phi) is 5.98. The maximum Gasteiger partial charge on any atom is 0.573 e. The number of halogens is 5. The first kappa shape index (κ1) is 17.4. The van der Waals surface area contributed by atoms with Crippen molar-refractivity contribution >= 4 is 24.0 Å². The van der Waals surface area contributed by atoms with Gasteiger partial charge in [0, 0.05) is 6.04 Å². The molecule has 0 aliphatic heterocycles. The minimum Gasteiger partial charge on any atom is -0.404 e. The van der Waals surface area contributed by atoms with E-state index in [4.69, 9.17) is 17.3 Å². The van der Waals surface area contributed by atoms with Crippen molar-refractivity contribution < 1.29 is 17.9 Å². The lowest BCUT2D eigenvalue weighted by molar-refractivity contribution is -0.274. The molecule has 0 bridgehead atoms. The van der Waals surface area contributed by atoms with Gasteiger partial charge in [0.05, 0.1) is 5.02 Å². The van der Waals surface area contributed by atoms with Crippen LogP contribution >= 0.6 is 24.0 Å². The van der Waals surface area contributed by atoms with Gasteiger partial charge in [0.1, 0.15) is 5.75 Å². The van der Waals surface area contributed by atoms with Gasteiger partial charge in [-0.15, -0.1) is 25.6 Å². The molecule has 2 rings (SSSR count). The molecular formula is C13H16Cl2F3NO. The summed E-state index contributed by atoms with van der Waals surface area (Å²) in [7, 11) is 0. The summed E-state index contributed by atoms with van der Waals surface area (Å²) < 4.78 is 40.2. The van der Waals surface area contributed by atoms with Crippen LogP contribution in [-0.2, 0) is 0 Å². The van der Waals surface area contributed by atoms with E-state index in [0.717, 1.165) is 31.2 Å². The Hall–Kier alpha value is -0.650. The minimum atomic E-state index is -4.74. The van der Waals surface area contributed by atoms with Crippen LogP contribution in [0.15, 0.2) is 18.2 Å². The average Bonchev–Trinajstić information content (AvgIpc) is 2.82. The van der Waals surface area contributed by atoms with Crippen LogP contribution in [0.25, 0.3) is 0 Å². The lowest BCUT2D eigenvalue weighted by Crippen LogP contribution is -2.20. The zero-order valence-electron chi connectivity index (χ0n) is 10.6. The van der Waals surface area contributed by atoms with E-state index in [1.165, 1.54) is 12.1 Å². The molecule has 1 aromatic rings. The first-order valence-electron chi connectivity index (χ1n) is 6.17. The first-order valence-corrected chi connectivity index (χ1v) is 6.55. The van der Waals surface area contributed by atoms with Gasteiger partial charge in [-0.1, -0.05) is 30.5 Å². The Bertz CT molecular complexity index is 448. The molecule has 0 radical (unpaired) electrons. The van der Waals surface area contributed by atoms with Crippen LogP contribution in [-0.4, -0.2) is 6.36 Å². The van der Waals surface area contributed by atoms with Crippen LogP contribution in [0.2, 0.25) is 5.02 Å². The fraction of sp³-hybridized carbons (Fsp3) is 0.538. The second-order valence-electron chi connectivity index (χ2n) is 4.81. The molecule has 0 aromatic heterocycles. The van der Waals surface area contributed by atoms with Gasteiger partial charge < -0.3 is 10.5 Å². The van der Waals surface area contributed by atoms with Crippen LogP contribution in [0.1, 0.15) is 37.3 Å². The maximum atomic E-state index is 12.1. The third kappa shape index (κ3) is 4.43. The molecule has 1 aromatic carbocycles. The van der Waals surface area contributed by atoms with Crippen LogP contribution < -0.4 is 10.5 Å². The second kappa shape index (κ2) is 6.87. The van der Waals surface area contributed by atoms with Crippen LogP contribution in [0, 0.1) is 5.92 Å². The average molecular weight is 330 g/mol. The van der Waals surface area contributed by atoms with Crippen molar-refractivity contribution in [2.24, 2.45) is 11.7 Å². The van der Waals surface area contributed by atoms with Crippen LogP contribution in [0.5, 0.6) is 5.75 Å². The zero-order chi connectivity index (χ0) is 14.0. The van der Waals surface area contributed by atoms with Gasteiger partial charge in [-0.05, 0) is 36.5 Å². The highest BCUT2D eigenvalue weighted by Crippen LogP contribution is 2.37. The smallest absolute Gasteiger partial charge is 0.404 e. The van der Waals surface area contributed by atoms with Gasteiger partial charge in [0.25, 0.3) is 0 Å². The topological polar surface area (TPSA) is 35.2 Å². The van der Waals surface area contributed by atoms with Gasteiger partial charge in [-0.3, -0.25) is 0 Å². The molecule has 0 heterocycles. The molecule has 1 fully saturated rings. The summed E-state index contributed by atoms with van der Waals surface area (Å²) in [5.74, 6) is -0.0120. The van der Waals surface area contributed by atoms with Gasteiger partial charge in [-0.25, -0.2) is 0 Å². The molecular weight excluding hydrogens is 314 g/mol. The van der Waals surface area contributed by atoms with E-state index in [1.807, 2.05) is 0 Å². The number of hydrogen-bond acceptors (Lipinski definition) is 2. The van der Waals surface area contributed by atoms with Gasteiger partial charge in [0.2, 0.25) is 0 Å². The van der Waals surface area contributed by atoms with Crippen LogP contribution in [0.4, 0.5) is 13.2 Å². The molecule has 0 saturated heterocycles. The summed E-state index contributed by atoms with van der Waals surface area (Å²) in [6.07, 6.45) is -0.319. The van der Waals surface area contributed by atoms with E-state index < -0.39 is 12.1 Å². The lowest BCUT2D eigenvalue weighted by atomic mass is 9.92. The Morgan fingerprint density at radius 3 is 2.35 bits per heavy atom. The SMILES string of the molecule is Cl.N[C@@H](c1ccc(OC(F)(F)F)c(Cl)c1)C1CCCC1. The lowest BCUT2D eigenvalue weighted by Gasteiger charge is -2.20. The summed E-state index contributed by atoms with van der Waals surface area (Å²) in [5.41, 5.74) is 6.88. The predicted molar refractivity (Wildman–Crippen MR) is 74.3 cm³/mol. The van der Waals surface area contributed by atoms with Crippen molar-refractivity contribution in [1.29, 1.82) is 0 Å². The number of alkyl halides is 3. The first-order chi connectivity index (χ1) is 8.87.